The predicted molar refractivity (Wildman–Crippen MR) is 138 cm³/mol. The highest BCUT2D eigenvalue weighted by atomic mass is 19.1. The van der Waals surface area contributed by atoms with Crippen molar-refractivity contribution in [3.05, 3.63) is 84.6 Å². The van der Waals surface area contributed by atoms with Crippen molar-refractivity contribution < 1.29 is 19.0 Å². The quantitative estimate of drug-likeness (QED) is 0.236. The topological polar surface area (TPSA) is 117 Å². The van der Waals surface area contributed by atoms with Gasteiger partial charge in [-0.1, -0.05) is 6.07 Å². The van der Waals surface area contributed by atoms with Gasteiger partial charge in [0, 0.05) is 24.8 Å². The first-order valence-electron chi connectivity index (χ1n) is 11.6. The molecule has 0 amide bonds. The lowest BCUT2D eigenvalue weighted by atomic mass is 10.2. The van der Waals surface area contributed by atoms with Crippen LogP contribution in [0.25, 0.3) is 0 Å². The molecule has 0 unspecified atom stereocenters. The van der Waals surface area contributed by atoms with Gasteiger partial charge in [0.15, 0.2) is 11.6 Å². The van der Waals surface area contributed by atoms with Gasteiger partial charge in [0.2, 0.25) is 5.95 Å². The average Bonchev–Trinajstić information content (AvgIpc) is 2.92. The Labute approximate surface area is 212 Å². The molecule has 0 bridgehead atoms. The minimum absolute atomic E-state index is 0.147. The first-order chi connectivity index (χ1) is 18.1. The third-order valence-corrected chi connectivity index (χ3v) is 5.38. The van der Waals surface area contributed by atoms with Gasteiger partial charge in [-0.3, -0.25) is 4.98 Å². The van der Waals surface area contributed by atoms with Crippen LogP contribution < -0.4 is 20.4 Å². The predicted octanol–water partition coefficient (Wildman–Crippen LogP) is 4.53. The average molecular weight is 502 g/mol. The van der Waals surface area contributed by atoms with Gasteiger partial charge in [0.25, 0.3) is 0 Å². The van der Waals surface area contributed by atoms with Crippen molar-refractivity contribution in [3.63, 3.8) is 0 Å². The number of halogens is 1. The summed E-state index contributed by atoms with van der Waals surface area (Å²) < 4.78 is 25.2. The Morgan fingerprint density at radius 1 is 0.973 bits per heavy atom. The van der Waals surface area contributed by atoms with Gasteiger partial charge >= 0.3 is 0 Å². The van der Waals surface area contributed by atoms with E-state index in [1.807, 2.05) is 35.2 Å². The number of benzene rings is 2. The fourth-order valence-corrected chi connectivity index (χ4v) is 3.58. The summed E-state index contributed by atoms with van der Waals surface area (Å²) in [6.07, 6.45) is 4.33. The SMILES string of the molecule is Oc1cccc(Oc2ccc(Nc3ccc(/C=N/Nc4ncc(F)c(N5CCOCC5)n4)nc3)cc2)c1. The third-order valence-electron chi connectivity index (χ3n) is 5.38. The van der Waals surface area contributed by atoms with Crippen molar-refractivity contribution in [2.75, 3.05) is 41.9 Å². The zero-order valence-electron chi connectivity index (χ0n) is 19.7. The van der Waals surface area contributed by atoms with E-state index in [2.05, 4.69) is 30.8 Å². The van der Waals surface area contributed by atoms with E-state index in [1.54, 1.807) is 36.5 Å². The van der Waals surface area contributed by atoms with Gasteiger partial charge in [0.05, 0.1) is 43.2 Å². The molecular formula is C26H24FN7O3. The van der Waals surface area contributed by atoms with Gasteiger partial charge in [0.1, 0.15) is 17.2 Å². The molecule has 10 nitrogen and oxygen atoms in total. The van der Waals surface area contributed by atoms with Crippen LogP contribution in [0.15, 0.2) is 78.2 Å². The smallest absolute Gasteiger partial charge is 0.245 e. The standard InChI is InChI=1S/C26H24FN7O3/c27-24-17-29-26(32-25(24)34-10-12-36-13-11-34)33-30-16-19-4-5-20(15-28-19)31-18-6-8-22(9-7-18)37-23-3-1-2-21(35)14-23/h1-9,14-17,31,35H,10-13H2,(H,29,32,33)/b30-16+. The summed E-state index contributed by atoms with van der Waals surface area (Å²) >= 11 is 0. The van der Waals surface area contributed by atoms with Crippen LogP contribution in [-0.4, -0.2) is 52.6 Å². The Hall–Kier alpha value is -4.77. The maximum atomic E-state index is 14.2. The Balaban J connectivity index is 1.15. The molecule has 5 rings (SSSR count). The highest BCUT2D eigenvalue weighted by Crippen LogP contribution is 2.26. The lowest BCUT2D eigenvalue weighted by Gasteiger charge is -2.27. The zero-order valence-corrected chi connectivity index (χ0v) is 19.7. The monoisotopic (exact) mass is 501 g/mol. The molecule has 4 aromatic rings. The van der Waals surface area contributed by atoms with Gasteiger partial charge in [-0.05, 0) is 48.5 Å². The molecule has 3 heterocycles. The molecule has 2 aromatic heterocycles. The summed E-state index contributed by atoms with van der Waals surface area (Å²) in [5.41, 5.74) is 4.99. The fraction of sp³-hybridized carbons (Fsp3) is 0.154. The van der Waals surface area contributed by atoms with E-state index in [0.717, 1.165) is 17.6 Å². The summed E-state index contributed by atoms with van der Waals surface area (Å²) in [5, 5.41) is 16.9. The number of aromatic nitrogens is 3. The number of pyridine rings is 1. The second-order valence-corrected chi connectivity index (χ2v) is 8.06. The number of hydrazone groups is 1. The molecule has 0 saturated carbocycles. The van der Waals surface area contributed by atoms with Crippen LogP contribution in [0.2, 0.25) is 0 Å². The van der Waals surface area contributed by atoms with Crippen molar-refractivity contribution in [1.82, 2.24) is 15.0 Å². The highest BCUT2D eigenvalue weighted by Gasteiger charge is 2.17. The molecule has 37 heavy (non-hydrogen) atoms. The lowest BCUT2D eigenvalue weighted by molar-refractivity contribution is 0.122. The molecular weight excluding hydrogens is 477 g/mol. The number of rotatable bonds is 8. The maximum absolute atomic E-state index is 14.2. The molecule has 2 aromatic carbocycles. The number of ether oxygens (including phenoxy) is 2. The molecule has 0 atom stereocenters. The van der Waals surface area contributed by atoms with E-state index in [0.29, 0.717) is 43.5 Å². The van der Waals surface area contributed by atoms with Crippen molar-refractivity contribution in [2.45, 2.75) is 0 Å². The summed E-state index contributed by atoms with van der Waals surface area (Å²) in [6.45, 7) is 2.19. The van der Waals surface area contributed by atoms with Crippen LogP contribution in [0.4, 0.5) is 27.5 Å². The molecule has 1 aliphatic rings. The van der Waals surface area contributed by atoms with Crippen molar-refractivity contribution in [1.29, 1.82) is 0 Å². The van der Waals surface area contributed by atoms with E-state index in [9.17, 15) is 9.50 Å². The summed E-state index contributed by atoms with van der Waals surface area (Å²) in [6, 6.07) is 17.7. The van der Waals surface area contributed by atoms with Crippen LogP contribution >= 0.6 is 0 Å². The molecule has 1 aliphatic heterocycles. The van der Waals surface area contributed by atoms with Crippen LogP contribution in [-0.2, 0) is 4.74 Å². The number of phenolic OH excluding ortho intramolecular Hbond substituents is 1. The summed E-state index contributed by atoms with van der Waals surface area (Å²) in [5.74, 6) is 1.28. The van der Waals surface area contributed by atoms with Crippen molar-refractivity contribution in [3.8, 4) is 17.2 Å². The van der Waals surface area contributed by atoms with Crippen LogP contribution in [0.5, 0.6) is 17.2 Å². The number of nitrogens with one attached hydrogen (secondary N) is 2. The van der Waals surface area contributed by atoms with Gasteiger partial charge in [-0.25, -0.2) is 14.8 Å². The molecule has 0 spiro atoms. The Morgan fingerprint density at radius 2 is 1.78 bits per heavy atom. The van der Waals surface area contributed by atoms with Gasteiger partial charge < -0.3 is 24.8 Å². The second-order valence-electron chi connectivity index (χ2n) is 8.06. The minimum Gasteiger partial charge on any atom is -0.508 e. The van der Waals surface area contributed by atoms with Crippen molar-refractivity contribution in [2.24, 2.45) is 5.10 Å². The summed E-state index contributed by atoms with van der Waals surface area (Å²) in [4.78, 5) is 14.4. The molecule has 1 saturated heterocycles. The van der Waals surface area contributed by atoms with Crippen molar-refractivity contribution >= 4 is 29.4 Å². The van der Waals surface area contributed by atoms with Crippen LogP contribution in [0.3, 0.4) is 0 Å². The third kappa shape index (κ3) is 6.47. The number of nitrogens with zero attached hydrogens (tertiary/aromatic N) is 5. The second kappa shape index (κ2) is 11.3. The normalized spacial score (nSPS) is 13.5. The molecule has 3 N–H and O–H groups in total. The Kier molecular flexibility index (Phi) is 7.32. The molecule has 0 aliphatic carbocycles. The first kappa shape index (κ1) is 23.9. The van der Waals surface area contributed by atoms with Crippen LogP contribution in [0, 0.1) is 5.82 Å². The fourth-order valence-electron chi connectivity index (χ4n) is 3.58. The Morgan fingerprint density at radius 3 is 2.54 bits per heavy atom. The first-order valence-corrected chi connectivity index (χ1v) is 11.6. The lowest BCUT2D eigenvalue weighted by Crippen LogP contribution is -2.37. The van der Waals surface area contributed by atoms with E-state index in [1.165, 1.54) is 6.21 Å². The molecule has 1 fully saturated rings. The number of morpholine rings is 1. The number of aromatic hydroxyl groups is 1. The van der Waals surface area contributed by atoms with Gasteiger partial charge in [-0.15, -0.1) is 0 Å². The van der Waals surface area contributed by atoms with Gasteiger partial charge in [-0.2, -0.15) is 10.1 Å². The Bertz CT molecular complexity index is 1360. The largest absolute Gasteiger partial charge is 0.508 e. The highest BCUT2D eigenvalue weighted by molar-refractivity contribution is 5.78. The van der Waals surface area contributed by atoms with Crippen LogP contribution in [0.1, 0.15) is 5.69 Å². The number of hydrogen-bond acceptors (Lipinski definition) is 10. The number of phenols is 1. The maximum Gasteiger partial charge on any atom is 0.245 e. The number of hydrogen-bond donors (Lipinski definition) is 3. The van der Waals surface area contributed by atoms with E-state index >= 15 is 0 Å². The molecule has 11 heteroatoms. The van der Waals surface area contributed by atoms with E-state index < -0.39 is 5.82 Å². The zero-order chi connectivity index (χ0) is 25.5. The van der Waals surface area contributed by atoms with E-state index in [4.69, 9.17) is 9.47 Å². The molecule has 0 radical (unpaired) electrons. The summed E-state index contributed by atoms with van der Waals surface area (Å²) in [7, 11) is 0. The minimum atomic E-state index is -0.486. The van der Waals surface area contributed by atoms with E-state index in [-0.39, 0.29) is 17.5 Å². The number of anilines is 4. The molecule has 188 valence electrons.